The molecule has 2 N–H and O–H groups in total. The van der Waals surface area contributed by atoms with Gasteiger partial charge in [0.15, 0.2) is 0 Å². The fourth-order valence-electron chi connectivity index (χ4n) is 6.64. The molecule has 9 nitrogen and oxygen atoms in total. The molecule has 266 valence electrons. The number of nitrogens with one attached hydrogen (secondary N) is 1. The van der Waals surface area contributed by atoms with Crippen molar-refractivity contribution in [2.45, 2.75) is 128 Å². The van der Waals surface area contributed by atoms with Crippen molar-refractivity contribution in [3.63, 3.8) is 0 Å². The minimum atomic E-state index is -1.28. The molecule has 49 heavy (non-hydrogen) atoms. The molecule has 0 fully saturated rings. The number of hydrogen-bond donors (Lipinski definition) is 2. The molecular weight excluding hydrogens is 618 g/mol. The van der Waals surface area contributed by atoms with Crippen molar-refractivity contribution < 1.29 is 29.0 Å². The van der Waals surface area contributed by atoms with Crippen LogP contribution in [0.1, 0.15) is 132 Å². The Labute approximate surface area is 291 Å². The molecule has 1 atom stereocenters. The third kappa shape index (κ3) is 12.4. The predicted molar refractivity (Wildman–Crippen MR) is 192 cm³/mol. The Hall–Kier alpha value is -4.14. The quantitative estimate of drug-likeness (QED) is 0.0962. The van der Waals surface area contributed by atoms with E-state index in [4.69, 9.17) is 9.47 Å². The summed E-state index contributed by atoms with van der Waals surface area (Å²) < 4.78 is 12.1. The van der Waals surface area contributed by atoms with E-state index in [1.807, 2.05) is 48.5 Å². The average Bonchev–Trinajstić information content (AvgIpc) is 3.71. The number of fused-ring (bicyclic) bond motifs is 3. The molecule has 1 aromatic heterocycles. The number of imidazole rings is 1. The molecule has 0 aliphatic heterocycles. The van der Waals surface area contributed by atoms with E-state index in [1.54, 1.807) is 0 Å². The number of rotatable bonds is 23. The van der Waals surface area contributed by atoms with Gasteiger partial charge in [0.05, 0.1) is 12.3 Å². The van der Waals surface area contributed by atoms with Crippen molar-refractivity contribution in [1.82, 2.24) is 14.9 Å². The molecule has 0 unspecified atom stereocenters. The first-order valence-corrected chi connectivity index (χ1v) is 18.5. The standard InChI is InChI=1S/C40H55N3O6/c1-2-3-4-5-6-7-8-9-10-11-12-13-14-15-16-21-26-48-40(47)43-28-31(41-30-43)27-37(38(44)45)42-39(46)49-29-36-34-24-19-17-22-32(34)33-23-18-20-25-35(33)36/h17-20,22-25,28,30,36-37H,2-16,21,26-27,29H2,1H3,(H,42,46)(H,44,45)/t37-/m0/s1. The number of nitrogens with zero attached hydrogens (tertiary/aromatic N) is 2. The highest BCUT2D eigenvalue weighted by Gasteiger charge is 2.30. The first-order valence-electron chi connectivity index (χ1n) is 18.5. The summed E-state index contributed by atoms with van der Waals surface area (Å²) in [6.45, 7) is 2.66. The zero-order valence-corrected chi connectivity index (χ0v) is 29.2. The molecule has 1 amide bonds. The van der Waals surface area contributed by atoms with Crippen LogP contribution in [-0.2, 0) is 20.7 Å². The van der Waals surface area contributed by atoms with E-state index in [9.17, 15) is 19.5 Å². The van der Waals surface area contributed by atoms with E-state index in [0.717, 1.165) is 41.5 Å². The Bertz CT molecular complexity index is 1410. The summed E-state index contributed by atoms with van der Waals surface area (Å²) in [4.78, 5) is 41.3. The number of ether oxygens (including phenoxy) is 2. The van der Waals surface area contributed by atoms with E-state index in [0.29, 0.717) is 12.3 Å². The summed E-state index contributed by atoms with van der Waals surface area (Å²) in [6, 6.07) is 14.7. The molecule has 1 aliphatic rings. The van der Waals surface area contributed by atoms with Crippen LogP contribution >= 0.6 is 0 Å². The largest absolute Gasteiger partial charge is 0.480 e. The topological polar surface area (TPSA) is 120 Å². The van der Waals surface area contributed by atoms with Crippen LogP contribution in [0.2, 0.25) is 0 Å². The maximum atomic E-state index is 12.7. The van der Waals surface area contributed by atoms with E-state index in [-0.39, 0.29) is 18.9 Å². The summed E-state index contributed by atoms with van der Waals surface area (Å²) in [7, 11) is 0. The molecule has 0 radical (unpaired) electrons. The molecule has 0 spiro atoms. The number of carbonyl (C=O) groups is 3. The van der Waals surface area contributed by atoms with Crippen LogP contribution in [0.5, 0.6) is 0 Å². The minimum Gasteiger partial charge on any atom is -0.480 e. The summed E-state index contributed by atoms with van der Waals surface area (Å²) >= 11 is 0. The highest BCUT2D eigenvalue weighted by molar-refractivity contribution is 5.81. The average molecular weight is 674 g/mol. The number of benzene rings is 2. The molecule has 0 saturated carbocycles. The third-order valence-electron chi connectivity index (χ3n) is 9.42. The Kier molecular flexibility index (Phi) is 16.2. The second-order valence-corrected chi connectivity index (χ2v) is 13.3. The predicted octanol–water partition coefficient (Wildman–Crippen LogP) is 9.66. The Morgan fingerprint density at radius 1 is 0.755 bits per heavy atom. The lowest BCUT2D eigenvalue weighted by molar-refractivity contribution is -0.139. The molecule has 2 aromatic carbocycles. The molecule has 0 bridgehead atoms. The number of aromatic nitrogens is 2. The highest BCUT2D eigenvalue weighted by atomic mass is 16.6. The second kappa shape index (κ2) is 21.1. The fourth-order valence-corrected chi connectivity index (χ4v) is 6.64. The van der Waals surface area contributed by atoms with Crippen molar-refractivity contribution in [3.05, 3.63) is 77.9 Å². The lowest BCUT2D eigenvalue weighted by atomic mass is 9.98. The van der Waals surface area contributed by atoms with E-state index in [2.05, 4.69) is 17.2 Å². The van der Waals surface area contributed by atoms with Gasteiger partial charge in [-0.25, -0.2) is 23.9 Å². The SMILES string of the molecule is CCCCCCCCCCCCCCCCCCOC(=O)n1cnc(C[C@H](NC(=O)OCC2c3ccccc3-c3ccccc32)C(=O)O)c1. The van der Waals surface area contributed by atoms with Gasteiger partial charge in [-0.2, -0.15) is 0 Å². The van der Waals surface area contributed by atoms with Crippen LogP contribution in [0.3, 0.4) is 0 Å². The van der Waals surface area contributed by atoms with Gasteiger partial charge < -0.3 is 19.9 Å². The molecule has 4 rings (SSSR count). The summed E-state index contributed by atoms with van der Waals surface area (Å²) in [5.74, 6) is -1.36. The van der Waals surface area contributed by atoms with Crippen molar-refractivity contribution in [2.24, 2.45) is 0 Å². The zero-order chi connectivity index (χ0) is 34.7. The van der Waals surface area contributed by atoms with Gasteiger partial charge in [-0.3, -0.25) is 0 Å². The number of hydrogen-bond acceptors (Lipinski definition) is 6. The van der Waals surface area contributed by atoms with Crippen molar-refractivity contribution >= 4 is 18.2 Å². The summed E-state index contributed by atoms with van der Waals surface area (Å²) in [5.41, 5.74) is 4.69. The van der Waals surface area contributed by atoms with Crippen LogP contribution in [0.25, 0.3) is 11.1 Å². The number of aliphatic carboxylic acids is 1. The Morgan fingerprint density at radius 2 is 1.27 bits per heavy atom. The normalized spacial score (nSPS) is 12.7. The van der Waals surface area contributed by atoms with Gasteiger partial charge in [0.1, 0.15) is 19.0 Å². The second-order valence-electron chi connectivity index (χ2n) is 13.3. The van der Waals surface area contributed by atoms with Crippen LogP contribution in [0.15, 0.2) is 61.1 Å². The monoisotopic (exact) mass is 673 g/mol. The lowest BCUT2D eigenvalue weighted by Gasteiger charge is -2.17. The molecular formula is C40H55N3O6. The molecule has 1 heterocycles. The Morgan fingerprint density at radius 3 is 1.80 bits per heavy atom. The third-order valence-corrected chi connectivity index (χ3v) is 9.42. The first-order chi connectivity index (χ1) is 24.0. The van der Waals surface area contributed by atoms with Crippen molar-refractivity contribution in [1.29, 1.82) is 0 Å². The summed E-state index contributed by atoms with van der Waals surface area (Å²) in [6.07, 6.45) is 21.7. The number of carboxylic acids is 1. The first kappa shape index (κ1) is 37.7. The minimum absolute atomic E-state index is 0.0755. The molecule has 1 aliphatic carbocycles. The van der Waals surface area contributed by atoms with Gasteiger partial charge in [0.2, 0.25) is 0 Å². The summed E-state index contributed by atoms with van der Waals surface area (Å²) in [5, 5.41) is 12.2. The number of alkyl carbamates (subject to hydrolysis) is 1. The van der Waals surface area contributed by atoms with Gasteiger partial charge in [-0.1, -0.05) is 152 Å². The number of carbonyl (C=O) groups excluding carboxylic acids is 2. The van der Waals surface area contributed by atoms with E-state index < -0.39 is 24.2 Å². The highest BCUT2D eigenvalue weighted by Crippen LogP contribution is 2.44. The molecule has 9 heteroatoms. The van der Waals surface area contributed by atoms with Crippen LogP contribution in [0, 0.1) is 0 Å². The number of carboxylic acid groups (broad SMARTS) is 1. The smallest absolute Gasteiger partial charge is 0.419 e. The number of unbranched alkanes of at least 4 members (excludes halogenated alkanes) is 15. The van der Waals surface area contributed by atoms with Gasteiger partial charge in [0, 0.05) is 18.5 Å². The fraction of sp³-hybridized carbons (Fsp3) is 0.550. The zero-order valence-electron chi connectivity index (χ0n) is 29.2. The Balaban J connectivity index is 1.06. The van der Waals surface area contributed by atoms with Gasteiger partial charge >= 0.3 is 18.2 Å². The maximum absolute atomic E-state index is 12.7. The van der Waals surface area contributed by atoms with Crippen molar-refractivity contribution in [3.8, 4) is 11.1 Å². The molecule has 3 aromatic rings. The van der Waals surface area contributed by atoms with Crippen LogP contribution in [0.4, 0.5) is 9.59 Å². The lowest BCUT2D eigenvalue weighted by Crippen LogP contribution is -2.43. The van der Waals surface area contributed by atoms with Gasteiger partial charge in [-0.15, -0.1) is 0 Å². The van der Waals surface area contributed by atoms with Crippen molar-refractivity contribution in [2.75, 3.05) is 13.2 Å². The van der Waals surface area contributed by atoms with Gasteiger partial charge in [0.25, 0.3) is 0 Å². The maximum Gasteiger partial charge on any atom is 0.419 e. The van der Waals surface area contributed by atoms with Gasteiger partial charge in [-0.05, 0) is 28.7 Å². The van der Waals surface area contributed by atoms with Crippen LogP contribution < -0.4 is 5.32 Å². The number of amides is 1. The van der Waals surface area contributed by atoms with Crippen LogP contribution in [-0.4, -0.2) is 52.1 Å². The van der Waals surface area contributed by atoms with E-state index >= 15 is 0 Å². The van der Waals surface area contributed by atoms with E-state index in [1.165, 1.54) is 101 Å². The molecule has 0 saturated heterocycles.